The summed E-state index contributed by atoms with van der Waals surface area (Å²) in [6.07, 6.45) is -4.35. The molecule has 0 saturated carbocycles. The fraction of sp³-hybridized carbons (Fsp3) is 0.333. The van der Waals surface area contributed by atoms with Crippen LogP contribution in [0.5, 0.6) is 0 Å². The van der Waals surface area contributed by atoms with E-state index in [9.17, 15) is 13.2 Å². The van der Waals surface area contributed by atoms with Crippen molar-refractivity contribution in [3.8, 4) is 0 Å². The number of alkyl halides is 3. The van der Waals surface area contributed by atoms with E-state index >= 15 is 0 Å². The predicted octanol–water partition coefficient (Wildman–Crippen LogP) is 4.47. The lowest BCUT2D eigenvalue weighted by molar-refractivity contribution is -0.137. The van der Waals surface area contributed by atoms with Crippen LogP contribution < -0.4 is 4.90 Å². The van der Waals surface area contributed by atoms with Crippen LogP contribution in [0.2, 0.25) is 0 Å². The molecule has 1 aromatic heterocycles. The second-order valence-electron chi connectivity index (χ2n) is 6.94. The molecule has 9 heteroatoms. The molecule has 3 aromatic rings. The summed E-state index contributed by atoms with van der Waals surface area (Å²) in [6.45, 7) is 3.30. The second-order valence-corrected chi connectivity index (χ2v) is 7.88. The molecule has 5 nitrogen and oxygen atoms in total. The Bertz CT molecular complexity index is 972. The van der Waals surface area contributed by atoms with Gasteiger partial charge in [-0.1, -0.05) is 60.3 Å². The lowest BCUT2D eigenvalue weighted by Crippen LogP contribution is -2.38. The number of ether oxygens (including phenoxy) is 1. The Hall–Kier alpha value is -2.52. The minimum atomic E-state index is -4.35. The number of morpholine rings is 1. The number of nitrogens with zero attached hydrogens (tertiary/aromatic N) is 4. The molecule has 2 heterocycles. The molecule has 158 valence electrons. The average molecular weight is 434 g/mol. The van der Waals surface area contributed by atoms with Crippen LogP contribution in [0.15, 0.2) is 59.8 Å². The second kappa shape index (κ2) is 9.09. The van der Waals surface area contributed by atoms with Crippen LogP contribution in [0.4, 0.5) is 19.1 Å². The molecule has 0 bridgehead atoms. The Morgan fingerprint density at radius 1 is 0.933 bits per heavy atom. The van der Waals surface area contributed by atoms with Crippen molar-refractivity contribution in [2.24, 2.45) is 0 Å². The van der Waals surface area contributed by atoms with E-state index in [0.717, 1.165) is 30.7 Å². The molecular weight excluding hydrogens is 413 g/mol. The number of halogens is 3. The molecule has 1 saturated heterocycles. The van der Waals surface area contributed by atoms with Crippen LogP contribution in [-0.2, 0) is 23.2 Å². The molecule has 0 atom stereocenters. The zero-order chi connectivity index (χ0) is 21.0. The van der Waals surface area contributed by atoms with Crippen LogP contribution in [0.3, 0.4) is 0 Å². The lowest BCUT2D eigenvalue weighted by Gasteiger charge is -2.28. The Balaban J connectivity index is 1.57. The van der Waals surface area contributed by atoms with Gasteiger partial charge in [0.25, 0.3) is 0 Å². The van der Waals surface area contributed by atoms with Crippen molar-refractivity contribution < 1.29 is 17.9 Å². The summed E-state index contributed by atoms with van der Waals surface area (Å²) < 4.78 is 46.5. The first-order valence-corrected chi connectivity index (χ1v) is 10.6. The molecule has 2 aromatic carbocycles. The molecule has 0 aliphatic carbocycles. The third kappa shape index (κ3) is 4.96. The molecule has 0 radical (unpaired) electrons. The van der Waals surface area contributed by atoms with E-state index in [4.69, 9.17) is 4.74 Å². The van der Waals surface area contributed by atoms with Gasteiger partial charge < -0.3 is 9.64 Å². The van der Waals surface area contributed by atoms with Gasteiger partial charge in [0.1, 0.15) is 0 Å². The number of rotatable bonds is 6. The zero-order valence-electron chi connectivity index (χ0n) is 16.2. The lowest BCUT2D eigenvalue weighted by atomic mass is 10.1. The molecule has 0 N–H and O–H groups in total. The van der Waals surface area contributed by atoms with Crippen LogP contribution in [0.25, 0.3) is 0 Å². The number of benzene rings is 2. The molecule has 1 fully saturated rings. The van der Waals surface area contributed by atoms with Crippen molar-refractivity contribution in [3.05, 3.63) is 71.3 Å². The van der Waals surface area contributed by atoms with Crippen molar-refractivity contribution in [2.75, 3.05) is 31.2 Å². The smallest absolute Gasteiger partial charge is 0.378 e. The van der Waals surface area contributed by atoms with Crippen molar-refractivity contribution in [1.82, 2.24) is 14.8 Å². The quantitative estimate of drug-likeness (QED) is 0.536. The molecule has 30 heavy (non-hydrogen) atoms. The van der Waals surface area contributed by atoms with Gasteiger partial charge in [-0.2, -0.15) is 13.2 Å². The Kier molecular flexibility index (Phi) is 6.29. The average Bonchev–Trinajstić information content (AvgIpc) is 3.15. The van der Waals surface area contributed by atoms with Gasteiger partial charge in [-0.05, 0) is 17.2 Å². The SMILES string of the molecule is FC(F)(F)c1cccc(CSc2nnc(N3CCOCC3)n2Cc2ccccc2)c1. The number of anilines is 1. The van der Waals surface area contributed by atoms with Crippen molar-refractivity contribution >= 4 is 17.7 Å². The van der Waals surface area contributed by atoms with E-state index in [-0.39, 0.29) is 0 Å². The highest BCUT2D eigenvalue weighted by molar-refractivity contribution is 7.98. The summed E-state index contributed by atoms with van der Waals surface area (Å²) in [7, 11) is 0. The summed E-state index contributed by atoms with van der Waals surface area (Å²) in [5, 5.41) is 9.41. The molecule has 0 unspecified atom stereocenters. The molecule has 0 amide bonds. The number of aromatic nitrogens is 3. The van der Waals surface area contributed by atoms with Crippen LogP contribution in [-0.4, -0.2) is 41.1 Å². The van der Waals surface area contributed by atoms with Gasteiger partial charge in [-0.25, -0.2) is 0 Å². The van der Waals surface area contributed by atoms with Gasteiger partial charge in [-0.15, -0.1) is 10.2 Å². The Morgan fingerprint density at radius 3 is 2.40 bits per heavy atom. The normalized spacial score (nSPS) is 14.8. The van der Waals surface area contributed by atoms with E-state index in [0.29, 0.717) is 36.2 Å². The first-order chi connectivity index (χ1) is 14.5. The van der Waals surface area contributed by atoms with Gasteiger partial charge in [0.05, 0.1) is 25.3 Å². The van der Waals surface area contributed by atoms with Gasteiger partial charge in [-0.3, -0.25) is 4.57 Å². The number of hydrogen-bond acceptors (Lipinski definition) is 5. The summed E-state index contributed by atoms with van der Waals surface area (Å²) >= 11 is 1.39. The summed E-state index contributed by atoms with van der Waals surface area (Å²) in [4.78, 5) is 2.13. The van der Waals surface area contributed by atoms with Gasteiger partial charge in [0.2, 0.25) is 5.95 Å². The topological polar surface area (TPSA) is 43.2 Å². The Morgan fingerprint density at radius 2 is 1.67 bits per heavy atom. The molecule has 4 rings (SSSR count). The largest absolute Gasteiger partial charge is 0.416 e. The van der Waals surface area contributed by atoms with E-state index in [1.54, 1.807) is 6.07 Å². The minimum Gasteiger partial charge on any atom is -0.378 e. The standard InChI is InChI=1S/C21H21F3N4OS/c22-21(23,24)18-8-4-7-17(13-18)15-30-20-26-25-19(27-9-11-29-12-10-27)28(20)14-16-5-2-1-3-6-16/h1-8,13H,9-12,14-15H2. The van der Waals surface area contributed by atoms with E-state index in [2.05, 4.69) is 15.1 Å². The van der Waals surface area contributed by atoms with E-state index < -0.39 is 11.7 Å². The molecule has 0 spiro atoms. The summed E-state index contributed by atoms with van der Waals surface area (Å²) in [6, 6.07) is 15.4. The minimum absolute atomic E-state index is 0.375. The first kappa shape index (κ1) is 20.7. The van der Waals surface area contributed by atoms with Gasteiger partial charge in [0, 0.05) is 18.8 Å². The number of hydrogen-bond donors (Lipinski definition) is 0. The monoisotopic (exact) mass is 434 g/mol. The van der Waals surface area contributed by atoms with Crippen LogP contribution >= 0.6 is 11.8 Å². The van der Waals surface area contributed by atoms with E-state index in [1.165, 1.54) is 23.9 Å². The van der Waals surface area contributed by atoms with Crippen molar-refractivity contribution in [2.45, 2.75) is 23.6 Å². The van der Waals surface area contributed by atoms with Crippen LogP contribution in [0, 0.1) is 0 Å². The van der Waals surface area contributed by atoms with Gasteiger partial charge in [0.15, 0.2) is 5.16 Å². The summed E-state index contributed by atoms with van der Waals surface area (Å²) in [5.41, 5.74) is 1.06. The van der Waals surface area contributed by atoms with Gasteiger partial charge >= 0.3 is 6.18 Å². The highest BCUT2D eigenvalue weighted by Gasteiger charge is 2.30. The fourth-order valence-electron chi connectivity index (χ4n) is 3.27. The molecule has 1 aliphatic heterocycles. The highest BCUT2D eigenvalue weighted by Crippen LogP contribution is 2.32. The fourth-order valence-corrected chi connectivity index (χ4v) is 4.15. The van der Waals surface area contributed by atoms with Crippen LogP contribution in [0.1, 0.15) is 16.7 Å². The van der Waals surface area contributed by atoms with E-state index in [1.807, 2.05) is 34.9 Å². The maximum Gasteiger partial charge on any atom is 0.416 e. The maximum absolute atomic E-state index is 13.0. The third-order valence-electron chi connectivity index (χ3n) is 4.80. The van der Waals surface area contributed by atoms with Crippen molar-refractivity contribution in [1.29, 1.82) is 0 Å². The maximum atomic E-state index is 13.0. The summed E-state index contributed by atoms with van der Waals surface area (Å²) in [5.74, 6) is 1.13. The third-order valence-corrected chi connectivity index (χ3v) is 5.83. The molecular formula is C21H21F3N4OS. The molecule has 1 aliphatic rings. The predicted molar refractivity (Wildman–Crippen MR) is 110 cm³/mol. The first-order valence-electron chi connectivity index (χ1n) is 9.59. The zero-order valence-corrected chi connectivity index (χ0v) is 17.0. The number of thioether (sulfide) groups is 1. The van der Waals surface area contributed by atoms with Crippen molar-refractivity contribution in [3.63, 3.8) is 0 Å². The Labute approximate surface area is 176 Å². The highest BCUT2D eigenvalue weighted by atomic mass is 32.2.